The smallest absolute Gasteiger partial charge is 0.275 e. The summed E-state index contributed by atoms with van der Waals surface area (Å²) in [7, 11) is 1.76. The van der Waals surface area contributed by atoms with E-state index in [1.165, 1.54) is 16.7 Å². The van der Waals surface area contributed by atoms with Crippen molar-refractivity contribution in [1.29, 1.82) is 0 Å². The number of fused-ring (bicyclic) bond motifs is 3. The number of aryl methyl sites for hydroxylation is 2. The van der Waals surface area contributed by atoms with Crippen LogP contribution in [0.25, 0.3) is 0 Å². The van der Waals surface area contributed by atoms with E-state index < -0.39 is 0 Å². The third kappa shape index (κ3) is 3.06. The Bertz CT molecular complexity index is 1000. The van der Waals surface area contributed by atoms with Gasteiger partial charge >= 0.3 is 0 Å². The molecule has 2 unspecified atom stereocenters. The van der Waals surface area contributed by atoms with Crippen LogP contribution in [0.3, 0.4) is 0 Å². The monoisotopic (exact) mass is 404 g/mol. The predicted molar refractivity (Wildman–Crippen MR) is 112 cm³/mol. The molecule has 1 aliphatic carbocycles. The fourth-order valence-corrected chi connectivity index (χ4v) is 4.74. The van der Waals surface area contributed by atoms with Crippen molar-refractivity contribution in [2.45, 2.75) is 24.8 Å². The van der Waals surface area contributed by atoms with Gasteiger partial charge in [-0.15, -0.1) is 0 Å². The highest BCUT2D eigenvalue weighted by molar-refractivity contribution is 5.94. The largest absolute Gasteiger partial charge is 0.507 e. The first-order valence-corrected chi connectivity index (χ1v) is 10.2. The third-order valence-corrected chi connectivity index (χ3v) is 6.12. The summed E-state index contributed by atoms with van der Waals surface area (Å²) in [4.78, 5) is 19.4. The topological polar surface area (TPSA) is 78.3 Å². The van der Waals surface area contributed by atoms with Crippen LogP contribution in [-0.2, 0) is 22.4 Å². The van der Waals surface area contributed by atoms with Gasteiger partial charge in [0.1, 0.15) is 12.4 Å². The van der Waals surface area contributed by atoms with Crippen LogP contribution in [0, 0.1) is 0 Å². The van der Waals surface area contributed by atoms with Gasteiger partial charge in [-0.25, -0.2) is 0 Å². The van der Waals surface area contributed by atoms with Gasteiger partial charge in [0.2, 0.25) is 0 Å². The molecule has 2 aliphatic heterocycles. The fourth-order valence-electron chi connectivity index (χ4n) is 4.74. The number of pyridine rings is 1. The highest BCUT2D eigenvalue weighted by Gasteiger charge is 2.44. The molecule has 1 N–H and O–H groups in total. The van der Waals surface area contributed by atoms with E-state index in [2.05, 4.69) is 35.4 Å². The number of carbonyl (C=O) groups is 1. The Morgan fingerprint density at radius 2 is 1.93 bits per heavy atom. The summed E-state index contributed by atoms with van der Waals surface area (Å²) < 4.78 is 5.37. The Labute approximate surface area is 175 Å². The van der Waals surface area contributed by atoms with Crippen LogP contribution < -0.4 is 0 Å². The van der Waals surface area contributed by atoms with Crippen LogP contribution in [0.1, 0.15) is 28.3 Å². The molecule has 0 spiro atoms. The Hall–Kier alpha value is -3.19. The molecule has 1 amide bonds. The molecule has 1 aromatic heterocycles. The van der Waals surface area contributed by atoms with E-state index in [0.29, 0.717) is 6.54 Å². The van der Waals surface area contributed by atoms with Gasteiger partial charge in [-0.2, -0.15) is 5.10 Å². The van der Waals surface area contributed by atoms with Gasteiger partial charge in [0.25, 0.3) is 5.91 Å². The molecule has 3 aliphatic rings. The lowest BCUT2D eigenvalue weighted by atomic mass is 9.83. The number of hydrogen-bond acceptors (Lipinski definition) is 6. The number of hydrazone groups is 1. The lowest BCUT2D eigenvalue weighted by molar-refractivity contribution is -0.132. The summed E-state index contributed by atoms with van der Waals surface area (Å²) in [6, 6.07) is 12.4. The summed E-state index contributed by atoms with van der Waals surface area (Å²) in [5.41, 5.74) is 4.91. The summed E-state index contributed by atoms with van der Waals surface area (Å²) in [6.07, 6.45) is 5.34. The zero-order valence-electron chi connectivity index (χ0n) is 16.9. The van der Waals surface area contributed by atoms with Gasteiger partial charge < -0.3 is 14.7 Å². The highest BCUT2D eigenvalue weighted by atomic mass is 16.5. The van der Waals surface area contributed by atoms with Crippen molar-refractivity contribution in [1.82, 2.24) is 14.9 Å². The zero-order valence-corrected chi connectivity index (χ0v) is 16.9. The van der Waals surface area contributed by atoms with E-state index in [1.807, 2.05) is 12.3 Å². The first-order chi connectivity index (χ1) is 14.6. The minimum Gasteiger partial charge on any atom is -0.507 e. The number of rotatable bonds is 1. The van der Waals surface area contributed by atoms with Gasteiger partial charge in [-0.3, -0.25) is 14.8 Å². The number of aliphatic hydroxyl groups excluding tert-OH is 1. The van der Waals surface area contributed by atoms with Crippen molar-refractivity contribution in [3.8, 4) is 0 Å². The van der Waals surface area contributed by atoms with E-state index in [1.54, 1.807) is 23.2 Å². The Morgan fingerprint density at radius 1 is 1.13 bits per heavy atom. The number of hydrogen-bond donors (Lipinski definition) is 1. The number of aliphatic hydroxyl groups is 1. The SMILES string of the molecule is CN1CC(C2c3ccccc3CCc3cccnc32)N2/N=C\COCC(O)=C2C1=O. The lowest BCUT2D eigenvalue weighted by Crippen LogP contribution is -2.54. The van der Waals surface area contributed by atoms with E-state index in [0.717, 1.165) is 18.5 Å². The van der Waals surface area contributed by atoms with E-state index >= 15 is 0 Å². The molecule has 3 heterocycles. The van der Waals surface area contributed by atoms with Crippen LogP contribution in [0.15, 0.2) is 59.2 Å². The van der Waals surface area contributed by atoms with Crippen LogP contribution in [-0.4, -0.2) is 65.0 Å². The highest BCUT2D eigenvalue weighted by Crippen LogP contribution is 2.40. The first kappa shape index (κ1) is 18.8. The minimum atomic E-state index is -0.255. The molecule has 0 bridgehead atoms. The summed E-state index contributed by atoms with van der Waals surface area (Å²) in [5.74, 6) is -0.429. The molecule has 30 heavy (non-hydrogen) atoms. The number of carbonyl (C=O) groups excluding carboxylic acids is 1. The second-order valence-electron chi connectivity index (χ2n) is 7.93. The van der Waals surface area contributed by atoms with Crippen molar-refractivity contribution in [3.05, 3.63) is 76.4 Å². The van der Waals surface area contributed by atoms with Crippen molar-refractivity contribution in [2.75, 3.05) is 26.8 Å². The number of likely N-dealkylation sites (N-methyl/N-ethyl adjacent to an activating group) is 1. The molecule has 0 radical (unpaired) electrons. The fraction of sp³-hybridized carbons (Fsp3) is 0.348. The van der Waals surface area contributed by atoms with Crippen LogP contribution in [0.2, 0.25) is 0 Å². The van der Waals surface area contributed by atoms with Gasteiger partial charge in [0, 0.05) is 19.8 Å². The average molecular weight is 404 g/mol. The summed E-state index contributed by atoms with van der Waals surface area (Å²) in [5, 5.41) is 16.9. The van der Waals surface area contributed by atoms with Crippen LogP contribution >= 0.6 is 0 Å². The maximum absolute atomic E-state index is 12.9. The van der Waals surface area contributed by atoms with Crippen LogP contribution in [0.4, 0.5) is 0 Å². The Kier molecular flexibility index (Phi) is 4.75. The second kappa shape index (κ2) is 7.57. The molecule has 1 aromatic carbocycles. The van der Waals surface area contributed by atoms with E-state index in [4.69, 9.17) is 9.72 Å². The summed E-state index contributed by atoms with van der Waals surface area (Å²) >= 11 is 0. The van der Waals surface area contributed by atoms with Gasteiger partial charge in [-0.05, 0) is 35.6 Å². The maximum Gasteiger partial charge on any atom is 0.275 e. The second-order valence-corrected chi connectivity index (χ2v) is 7.93. The maximum atomic E-state index is 12.9. The number of aromatic nitrogens is 1. The predicted octanol–water partition coefficient (Wildman–Crippen LogP) is 2.24. The molecule has 2 atom stereocenters. The molecule has 154 valence electrons. The third-order valence-electron chi connectivity index (χ3n) is 6.12. The zero-order chi connectivity index (χ0) is 20.7. The first-order valence-electron chi connectivity index (χ1n) is 10.2. The molecule has 1 saturated heterocycles. The van der Waals surface area contributed by atoms with Crippen molar-refractivity contribution in [3.63, 3.8) is 0 Å². The normalized spacial score (nSPS) is 24.9. The molecular weight excluding hydrogens is 380 g/mol. The van der Waals surface area contributed by atoms with Crippen molar-refractivity contribution in [2.24, 2.45) is 5.10 Å². The lowest BCUT2D eigenvalue weighted by Gasteiger charge is -2.43. The van der Waals surface area contributed by atoms with E-state index in [9.17, 15) is 9.90 Å². The Morgan fingerprint density at radius 3 is 2.83 bits per heavy atom. The molecule has 1 fully saturated rings. The Balaban J connectivity index is 1.71. The van der Waals surface area contributed by atoms with Gasteiger partial charge in [0.05, 0.1) is 30.5 Å². The molecular formula is C23H24N4O3. The molecule has 2 aromatic rings. The quantitative estimate of drug-likeness (QED) is 0.789. The number of ether oxygens (including phenoxy) is 1. The number of benzene rings is 1. The standard InChI is InChI=1S/C23H24N4O3/c1-26-13-18(27-22(23(26)29)19(28)14-30-12-11-25-27)20-17-7-3-2-5-15(17)8-9-16-6-4-10-24-21(16)20/h2-7,10-11,18,20,28H,8-9,12-14H2,1H3/b22-19?,25-11-. The van der Waals surface area contributed by atoms with E-state index in [-0.39, 0.29) is 42.5 Å². The van der Waals surface area contributed by atoms with Crippen molar-refractivity contribution < 1.29 is 14.6 Å². The summed E-state index contributed by atoms with van der Waals surface area (Å²) in [6.45, 7) is 0.740. The van der Waals surface area contributed by atoms with Gasteiger partial charge in [-0.1, -0.05) is 30.3 Å². The van der Waals surface area contributed by atoms with Crippen LogP contribution in [0.5, 0.6) is 0 Å². The molecule has 0 saturated carbocycles. The molecule has 5 rings (SSSR count). The number of piperazine rings is 1. The molecule has 7 heteroatoms. The minimum absolute atomic E-state index is 0.0136. The van der Waals surface area contributed by atoms with Gasteiger partial charge in [0.15, 0.2) is 5.70 Å². The van der Waals surface area contributed by atoms with Crippen molar-refractivity contribution >= 4 is 12.1 Å². The number of nitrogens with zero attached hydrogens (tertiary/aromatic N) is 4. The average Bonchev–Trinajstić information content (AvgIpc) is 2.91. The molecule has 7 nitrogen and oxygen atoms in total. The number of amides is 1.